The number of benzene rings is 1. The van der Waals surface area contributed by atoms with Crippen molar-refractivity contribution in [3.8, 4) is 0 Å². The Hall–Kier alpha value is -0.530. The molecule has 0 unspecified atom stereocenters. The summed E-state index contributed by atoms with van der Waals surface area (Å²) in [6.45, 7) is 4.24. The van der Waals surface area contributed by atoms with E-state index < -0.39 is 0 Å². The Morgan fingerprint density at radius 2 is 2.31 bits per heavy atom. The molecule has 0 aromatic heterocycles. The molecule has 1 aliphatic heterocycles. The fourth-order valence-electron chi connectivity index (χ4n) is 1.99. The molecule has 1 nitrogen and oxygen atoms in total. The van der Waals surface area contributed by atoms with Crippen molar-refractivity contribution < 1.29 is 0 Å². The van der Waals surface area contributed by atoms with Gasteiger partial charge in [0, 0.05) is 11.6 Å². The zero-order chi connectivity index (χ0) is 9.26. The number of nitrogens with one attached hydrogen (secondary N) is 1. The van der Waals surface area contributed by atoms with E-state index in [-0.39, 0.29) is 0 Å². The van der Waals surface area contributed by atoms with E-state index in [1.807, 2.05) is 6.07 Å². The maximum absolute atomic E-state index is 6.13. The summed E-state index contributed by atoms with van der Waals surface area (Å²) in [5.41, 5.74) is 4.23. The predicted octanol–water partition coefficient (Wildman–Crippen LogP) is 2.55. The molecule has 1 aromatic rings. The summed E-state index contributed by atoms with van der Waals surface area (Å²) >= 11 is 6.13. The van der Waals surface area contributed by atoms with Gasteiger partial charge in [0.1, 0.15) is 0 Å². The minimum atomic E-state index is 0.921. The van der Waals surface area contributed by atoms with Gasteiger partial charge in [0.05, 0.1) is 0 Å². The molecule has 0 saturated carbocycles. The number of hydrogen-bond donors (Lipinski definition) is 1. The van der Waals surface area contributed by atoms with Crippen molar-refractivity contribution in [1.82, 2.24) is 5.32 Å². The minimum absolute atomic E-state index is 0.921. The van der Waals surface area contributed by atoms with Crippen LogP contribution in [0.5, 0.6) is 0 Å². The lowest BCUT2D eigenvalue weighted by Gasteiger charge is -2.20. The van der Waals surface area contributed by atoms with Crippen molar-refractivity contribution >= 4 is 11.6 Å². The molecular formula is C11H14ClN. The number of fused-ring (bicyclic) bond motifs is 1. The SMILES string of the molecule is CCc1c(Cl)ccc2c1CNCC2. The van der Waals surface area contributed by atoms with Crippen LogP contribution < -0.4 is 5.32 Å². The first-order chi connectivity index (χ1) is 6.33. The van der Waals surface area contributed by atoms with Crippen molar-refractivity contribution in [3.05, 3.63) is 33.8 Å². The van der Waals surface area contributed by atoms with Gasteiger partial charge >= 0.3 is 0 Å². The van der Waals surface area contributed by atoms with E-state index >= 15 is 0 Å². The number of halogens is 1. The van der Waals surface area contributed by atoms with Crippen LogP contribution in [-0.4, -0.2) is 6.54 Å². The largest absolute Gasteiger partial charge is 0.312 e. The average Bonchev–Trinajstić information content (AvgIpc) is 2.18. The summed E-state index contributed by atoms with van der Waals surface area (Å²) in [6, 6.07) is 4.20. The molecule has 1 aromatic carbocycles. The van der Waals surface area contributed by atoms with Crippen molar-refractivity contribution in [3.63, 3.8) is 0 Å². The van der Waals surface area contributed by atoms with Crippen molar-refractivity contribution in [2.75, 3.05) is 6.54 Å². The summed E-state index contributed by atoms with van der Waals surface area (Å²) in [6.07, 6.45) is 2.17. The van der Waals surface area contributed by atoms with Gasteiger partial charge in [0.25, 0.3) is 0 Å². The third-order valence-electron chi connectivity index (χ3n) is 2.70. The minimum Gasteiger partial charge on any atom is -0.312 e. The second kappa shape index (κ2) is 3.69. The Kier molecular flexibility index (Phi) is 2.56. The van der Waals surface area contributed by atoms with Crippen LogP contribution in [0.25, 0.3) is 0 Å². The van der Waals surface area contributed by atoms with Gasteiger partial charge in [-0.3, -0.25) is 0 Å². The van der Waals surface area contributed by atoms with Crippen molar-refractivity contribution in [2.45, 2.75) is 26.3 Å². The molecule has 70 valence electrons. The summed E-state index contributed by atoms with van der Waals surface area (Å²) in [4.78, 5) is 0. The van der Waals surface area contributed by atoms with Crippen LogP contribution in [-0.2, 0) is 19.4 Å². The number of hydrogen-bond acceptors (Lipinski definition) is 1. The molecule has 0 amide bonds. The normalized spacial score (nSPS) is 15.5. The molecule has 0 fully saturated rings. The van der Waals surface area contributed by atoms with Crippen LogP contribution in [0.15, 0.2) is 12.1 Å². The molecule has 2 rings (SSSR count). The van der Waals surface area contributed by atoms with Crippen molar-refractivity contribution in [2.24, 2.45) is 0 Å². The molecule has 1 heterocycles. The van der Waals surface area contributed by atoms with Crippen LogP contribution >= 0.6 is 11.6 Å². The Bertz CT molecular complexity index is 320. The van der Waals surface area contributed by atoms with Crippen molar-refractivity contribution in [1.29, 1.82) is 0 Å². The molecule has 0 radical (unpaired) electrons. The van der Waals surface area contributed by atoms with E-state index in [4.69, 9.17) is 11.6 Å². The van der Waals surface area contributed by atoms with Gasteiger partial charge < -0.3 is 5.32 Å². The molecule has 1 N–H and O–H groups in total. The molecule has 0 atom stereocenters. The van der Waals surface area contributed by atoms with E-state index in [1.165, 1.54) is 16.7 Å². The highest BCUT2D eigenvalue weighted by molar-refractivity contribution is 6.31. The van der Waals surface area contributed by atoms with E-state index in [2.05, 4.69) is 18.3 Å². The number of rotatable bonds is 1. The maximum atomic E-state index is 6.13. The average molecular weight is 196 g/mol. The van der Waals surface area contributed by atoms with Crippen LogP contribution in [0.4, 0.5) is 0 Å². The zero-order valence-electron chi connectivity index (χ0n) is 7.86. The molecule has 2 heteroatoms. The molecule has 13 heavy (non-hydrogen) atoms. The van der Waals surface area contributed by atoms with Crippen LogP contribution in [0.3, 0.4) is 0 Å². The first kappa shape index (κ1) is 9.04. The van der Waals surface area contributed by atoms with Crippen LogP contribution in [0.2, 0.25) is 5.02 Å². The zero-order valence-corrected chi connectivity index (χ0v) is 8.62. The van der Waals surface area contributed by atoms with Gasteiger partial charge in [-0.25, -0.2) is 0 Å². The molecule has 1 aliphatic rings. The molecule has 0 aliphatic carbocycles. The third-order valence-corrected chi connectivity index (χ3v) is 3.05. The first-order valence-corrected chi connectivity index (χ1v) is 5.20. The second-order valence-electron chi connectivity index (χ2n) is 3.44. The molecule has 0 spiro atoms. The Morgan fingerprint density at radius 1 is 1.46 bits per heavy atom. The molecule has 0 bridgehead atoms. The lowest BCUT2D eigenvalue weighted by molar-refractivity contribution is 0.638. The van der Waals surface area contributed by atoms with Crippen LogP contribution in [0, 0.1) is 0 Å². The van der Waals surface area contributed by atoms with Gasteiger partial charge in [0.15, 0.2) is 0 Å². The first-order valence-electron chi connectivity index (χ1n) is 4.82. The standard InChI is InChI=1S/C11H14ClN/c1-2-9-10-7-13-6-5-8(10)3-4-11(9)12/h3-4,13H,2,5-7H2,1H3. The smallest absolute Gasteiger partial charge is 0.0441 e. The monoisotopic (exact) mass is 195 g/mol. The van der Waals surface area contributed by atoms with E-state index in [0.29, 0.717) is 0 Å². The van der Waals surface area contributed by atoms with Gasteiger partial charge in [0.2, 0.25) is 0 Å². The fourth-order valence-corrected chi connectivity index (χ4v) is 2.30. The maximum Gasteiger partial charge on any atom is 0.0441 e. The fraction of sp³-hybridized carbons (Fsp3) is 0.455. The van der Waals surface area contributed by atoms with Gasteiger partial charge in [-0.05, 0) is 42.1 Å². The molecule has 0 saturated heterocycles. The lowest BCUT2D eigenvalue weighted by Crippen LogP contribution is -2.24. The van der Waals surface area contributed by atoms with E-state index in [1.54, 1.807) is 0 Å². The second-order valence-corrected chi connectivity index (χ2v) is 3.85. The summed E-state index contributed by atoms with van der Waals surface area (Å²) < 4.78 is 0. The highest BCUT2D eigenvalue weighted by Crippen LogP contribution is 2.26. The highest BCUT2D eigenvalue weighted by atomic mass is 35.5. The topological polar surface area (TPSA) is 12.0 Å². The van der Waals surface area contributed by atoms with Gasteiger partial charge in [-0.1, -0.05) is 24.6 Å². The van der Waals surface area contributed by atoms with Gasteiger partial charge in [-0.15, -0.1) is 0 Å². The van der Waals surface area contributed by atoms with E-state index in [9.17, 15) is 0 Å². The Morgan fingerprint density at radius 3 is 3.08 bits per heavy atom. The van der Waals surface area contributed by atoms with Crippen LogP contribution in [0.1, 0.15) is 23.6 Å². The van der Waals surface area contributed by atoms with E-state index in [0.717, 1.165) is 31.0 Å². The third kappa shape index (κ3) is 1.59. The quantitative estimate of drug-likeness (QED) is 0.727. The summed E-state index contributed by atoms with van der Waals surface area (Å²) in [5.74, 6) is 0. The Labute approximate surface area is 84.1 Å². The Balaban J connectivity index is 2.52. The predicted molar refractivity (Wildman–Crippen MR) is 56.2 cm³/mol. The lowest BCUT2D eigenvalue weighted by atomic mass is 9.95. The molecular weight excluding hydrogens is 182 g/mol. The highest BCUT2D eigenvalue weighted by Gasteiger charge is 2.13. The van der Waals surface area contributed by atoms with Gasteiger partial charge in [-0.2, -0.15) is 0 Å². The summed E-state index contributed by atoms with van der Waals surface area (Å²) in [5, 5.41) is 4.31. The summed E-state index contributed by atoms with van der Waals surface area (Å²) in [7, 11) is 0.